The molecule has 0 unspecified atom stereocenters. The quantitative estimate of drug-likeness (QED) is 0.730. The summed E-state index contributed by atoms with van der Waals surface area (Å²) in [6.07, 6.45) is 6.40. The minimum Gasteiger partial charge on any atom is -0.481 e. The Balaban J connectivity index is 1.71. The van der Waals surface area contributed by atoms with Crippen molar-refractivity contribution in [2.75, 3.05) is 11.9 Å². The molecule has 0 radical (unpaired) electrons. The van der Waals surface area contributed by atoms with E-state index in [2.05, 4.69) is 15.4 Å². The molecule has 0 spiro atoms. The van der Waals surface area contributed by atoms with Crippen LogP contribution < -0.4 is 5.32 Å². The molecule has 0 aliphatic carbocycles. The van der Waals surface area contributed by atoms with Crippen LogP contribution in [0.3, 0.4) is 0 Å². The first-order valence-corrected chi connectivity index (χ1v) is 6.02. The third-order valence-electron chi connectivity index (χ3n) is 2.63. The van der Waals surface area contributed by atoms with E-state index in [1.807, 2.05) is 18.3 Å². The Morgan fingerprint density at radius 2 is 2.22 bits per heavy atom. The van der Waals surface area contributed by atoms with Gasteiger partial charge in [0.15, 0.2) is 5.65 Å². The zero-order chi connectivity index (χ0) is 12.8. The number of nitrogens with one attached hydrogen (secondary N) is 1. The average molecular weight is 248 g/mol. The predicted molar refractivity (Wildman–Crippen MR) is 67.6 cm³/mol. The second-order valence-electron chi connectivity index (χ2n) is 4.08. The fourth-order valence-corrected chi connectivity index (χ4v) is 1.71. The molecule has 0 aromatic carbocycles. The number of fused-ring (bicyclic) bond motifs is 1. The third-order valence-corrected chi connectivity index (χ3v) is 2.63. The molecule has 2 aromatic heterocycles. The zero-order valence-corrected chi connectivity index (χ0v) is 10.0. The van der Waals surface area contributed by atoms with Gasteiger partial charge in [0, 0.05) is 25.2 Å². The first-order valence-electron chi connectivity index (χ1n) is 6.02. The number of unbranched alkanes of at least 4 members (excludes halogenated alkanes) is 2. The number of carbonyl (C=O) groups is 1. The molecule has 0 saturated carbocycles. The second-order valence-corrected chi connectivity index (χ2v) is 4.08. The van der Waals surface area contributed by atoms with Crippen LogP contribution >= 0.6 is 0 Å². The van der Waals surface area contributed by atoms with E-state index in [0.717, 1.165) is 37.3 Å². The fourth-order valence-electron chi connectivity index (χ4n) is 1.71. The molecule has 2 aromatic rings. The molecule has 2 rings (SSSR count). The van der Waals surface area contributed by atoms with E-state index in [4.69, 9.17) is 5.11 Å². The normalized spacial score (nSPS) is 10.7. The molecule has 18 heavy (non-hydrogen) atoms. The van der Waals surface area contributed by atoms with Crippen molar-refractivity contribution in [1.82, 2.24) is 14.6 Å². The van der Waals surface area contributed by atoms with Gasteiger partial charge in [-0.15, -0.1) is 0 Å². The Morgan fingerprint density at radius 3 is 3.06 bits per heavy atom. The maximum atomic E-state index is 10.3. The minimum absolute atomic E-state index is 0.250. The van der Waals surface area contributed by atoms with Crippen LogP contribution in [-0.2, 0) is 4.79 Å². The highest BCUT2D eigenvalue weighted by atomic mass is 16.4. The van der Waals surface area contributed by atoms with Gasteiger partial charge < -0.3 is 10.4 Å². The molecule has 0 atom stereocenters. The lowest BCUT2D eigenvalue weighted by Gasteiger charge is -2.05. The van der Waals surface area contributed by atoms with E-state index in [1.165, 1.54) is 0 Å². The van der Waals surface area contributed by atoms with Crippen molar-refractivity contribution in [3.63, 3.8) is 0 Å². The van der Waals surface area contributed by atoms with Crippen LogP contribution in [-0.4, -0.2) is 32.2 Å². The Kier molecular flexibility index (Phi) is 4.11. The summed E-state index contributed by atoms with van der Waals surface area (Å²) in [5, 5.41) is 15.8. The maximum Gasteiger partial charge on any atom is 0.303 e. The molecule has 0 bridgehead atoms. The number of aliphatic carboxylic acids is 1. The van der Waals surface area contributed by atoms with Gasteiger partial charge in [-0.2, -0.15) is 5.10 Å². The highest BCUT2D eigenvalue weighted by molar-refractivity contribution is 5.66. The van der Waals surface area contributed by atoms with E-state index >= 15 is 0 Å². The van der Waals surface area contributed by atoms with E-state index in [9.17, 15) is 4.79 Å². The smallest absolute Gasteiger partial charge is 0.303 e. The summed E-state index contributed by atoms with van der Waals surface area (Å²) in [7, 11) is 0. The molecule has 6 heteroatoms. The van der Waals surface area contributed by atoms with Gasteiger partial charge in [0.2, 0.25) is 0 Å². The average Bonchev–Trinajstić information content (AvgIpc) is 2.80. The third kappa shape index (κ3) is 3.44. The summed E-state index contributed by atoms with van der Waals surface area (Å²) >= 11 is 0. The van der Waals surface area contributed by atoms with Crippen molar-refractivity contribution in [3.05, 3.63) is 24.5 Å². The lowest BCUT2D eigenvalue weighted by Crippen LogP contribution is -2.04. The number of anilines is 1. The van der Waals surface area contributed by atoms with Gasteiger partial charge >= 0.3 is 5.97 Å². The van der Waals surface area contributed by atoms with Gasteiger partial charge in [-0.05, 0) is 18.9 Å². The number of hydrogen-bond donors (Lipinski definition) is 2. The van der Waals surface area contributed by atoms with E-state index < -0.39 is 5.97 Å². The largest absolute Gasteiger partial charge is 0.481 e. The van der Waals surface area contributed by atoms with Crippen molar-refractivity contribution in [1.29, 1.82) is 0 Å². The lowest BCUT2D eigenvalue weighted by atomic mass is 10.2. The summed E-state index contributed by atoms with van der Waals surface area (Å²) in [4.78, 5) is 14.7. The van der Waals surface area contributed by atoms with Gasteiger partial charge in [-0.25, -0.2) is 9.50 Å². The number of carboxylic acid groups (broad SMARTS) is 1. The Labute approximate surface area is 105 Å². The van der Waals surface area contributed by atoms with Crippen LogP contribution in [0.4, 0.5) is 5.82 Å². The number of aromatic nitrogens is 3. The Morgan fingerprint density at radius 1 is 1.33 bits per heavy atom. The van der Waals surface area contributed by atoms with Crippen LogP contribution in [0.25, 0.3) is 5.65 Å². The van der Waals surface area contributed by atoms with Crippen LogP contribution in [0.15, 0.2) is 24.5 Å². The van der Waals surface area contributed by atoms with Gasteiger partial charge in [0.25, 0.3) is 0 Å². The molecule has 2 heterocycles. The molecule has 0 saturated heterocycles. The van der Waals surface area contributed by atoms with Crippen LogP contribution in [0.1, 0.15) is 25.7 Å². The highest BCUT2D eigenvalue weighted by Crippen LogP contribution is 2.06. The summed E-state index contributed by atoms with van der Waals surface area (Å²) < 4.78 is 1.71. The van der Waals surface area contributed by atoms with Crippen LogP contribution in [0.2, 0.25) is 0 Å². The molecule has 0 aliphatic heterocycles. The van der Waals surface area contributed by atoms with Crippen molar-refractivity contribution in [2.45, 2.75) is 25.7 Å². The first-order chi connectivity index (χ1) is 8.75. The number of nitrogens with zero attached hydrogens (tertiary/aromatic N) is 3. The summed E-state index contributed by atoms with van der Waals surface area (Å²) in [6.45, 7) is 0.803. The standard InChI is InChI=1S/C12H16N4O2/c17-12(18)4-2-1-3-7-13-10-6-9-16-11(15-10)5-8-14-16/h5-6,8-9H,1-4,7H2,(H,13,15)(H,17,18). The van der Waals surface area contributed by atoms with E-state index in [-0.39, 0.29) is 6.42 Å². The number of carboxylic acids is 1. The molecule has 96 valence electrons. The summed E-state index contributed by atoms with van der Waals surface area (Å²) in [6, 6.07) is 3.72. The Hall–Kier alpha value is -2.11. The lowest BCUT2D eigenvalue weighted by molar-refractivity contribution is -0.137. The van der Waals surface area contributed by atoms with E-state index in [0.29, 0.717) is 0 Å². The molecular formula is C12H16N4O2. The fraction of sp³-hybridized carbons (Fsp3) is 0.417. The topological polar surface area (TPSA) is 79.5 Å². The molecule has 6 nitrogen and oxygen atoms in total. The molecule has 0 amide bonds. The first kappa shape index (κ1) is 12.3. The van der Waals surface area contributed by atoms with Gasteiger partial charge in [-0.1, -0.05) is 6.42 Å². The highest BCUT2D eigenvalue weighted by Gasteiger charge is 1.99. The van der Waals surface area contributed by atoms with Gasteiger partial charge in [0.1, 0.15) is 5.82 Å². The number of rotatable bonds is 7. The van der Waals surface area contributed by atoms with Crippen molar-refractivity contribution >= 4 is 17.4 Å². The SMILES string of the molecule is O=C(O)CCCCCNc1ccn2nccc2n1. The zero-order valence-electron chi connectivity index (χ0n) is 10.0. The molecule has 2 N–H and O–H groups in total. The van der Waals surface area contributed by atoms with Crippen molar-refractivity contribution in [2.24, 2.45) is 0 Å². The van der Waals surface area contributed by atoms with Gasteiger partial charge in [-0.3, -0.25) is 4.79 Å². The molecule has 0 aliphatic rings. The van der Waals surface area contributed by atoms with Crippen molar-refractivity contribution < 1.29 is 9.90 Å². The predicted octanol–water partition coefficient (Wildman–Crippen LogP) is 1.79. The number of hydrogen-bond acceptors (Lipinski definition) is 4. The van der Waals surface area contributed by atoms with Crippen LogP contribution in [0, 0.1) is 0 Å². The summed E-state index contributed by atoms with van der Waals surface area (Å²) in [5.41, 5.74) is 0.811. The van der Waals surface area contributed by atoms with Crippen molar-refractivity contribution in [3.8, 4) is 0 Å². The molecule has 0 fully saturated rings. The minimum atomic E-state index is -0.726. The second kappa shape index (κ2) is 6.00. The Bertz CT molecular complexity index is 524. The van der Waals surface area contributed by atoms with Gasteiger partial charge in [0.05, 0.1) is 6.20 Å². The maximum absolute atomic E-state index is 10.3. The van der Waals surface area contributed by atoms with E-state index in [1.54, 1.807) is 10.7 Å². The monoisotopic (exact) mass is 248 g/mol. The van der Waals surface area contributed by atoms with Crippen LogP contribution in [0.5, 0.6) is 0 Å². The molecular weight excluding hydrogens is 232 g/mol. The summed E-state index contributed by atoms with van der Waals surface area (Å²) in [5.74, 6) is 0.0945.